The molecule has 0 spiro atoms. The summed E-state index contributed by atoms with van der Waals surface area (Å²) >= 11 is 0. The van der Waals surface area contributed by atoms with Gasteiger partial charge in [-0.15, -0.1) is 0 Å². The average molecular weight is 293 g/mol. The summed E-state index contributed by atoms with van der Waals surface area (Å²) in [5, 5.41) is 12.6. The van der Waals surface area contributed by atoms with Gasteiger partial charge in [0.1, 0.15) is 0 Å². The predicted octanol–water partition coefficient (Wildman–Crippen LogP) is 1.54. The molecule has 2 atom stereocenters. The van der Waals surface area contributed by atoms with E-state index in [2.05, 4.69) is 16.3 Å². The number of nitriles is 1. The maximum absolute atomic E-state index is 11.7. The number of nitrogens with one attached hydrogen (secondary N) is 1. The second kappa shape index (κ2) is 8.35. The topological polar surface area (TPSA) is 65.4 Å². The van der Waals surface area contributed by atoms with Crippen LogP contribution in [0.5, 0.6) is 0 Å². The van der Waals surface area contributed by atoms with Crippen molar-refractivity contribution in [1.82, 2.24) is 10.2 Å². The van der Waals surface area contributed by atoms with Crippen LogP contribution in [0.25, 0.3) is 0 Å². The number of hydrogen-bond donors (Lipinski definition) is 1. The SMILES string of the molecule is CCOC(=O)CC1CC(NCC2CCC2)CN(CC#N)C1. The first kappa shape index (κ1) is 16.3. The van der Waals surface area contributed by atoms with Crippen LogP contribution in [-0.2, 0) is 9.53 Å². The highest BCUT2D eigenvalue weighted by Gasteiger charge is 2.29. The average Bonchev–Trinajstić information content (AvgIpc) is 2.37. The van der Waals surface area contributed by atoms with Crippen LogP contribution < -0.4 is 5.32 Å². The largest absolute Gasteiger partial charge is 0.466 e. The molecule has 2 fully saturated rings. The van der Waals surface area contributed by atoms with Crippen molar-refractivity contribution < 1.29 is 9.53 Å². The van der Waals surface area contributed by atoms with Crippen LogP contribution in [-0.4, -0.2) is 49.7 Å². The van der Waals surface area contributed by atoms with Crippen molar-refractivity contribution in [2.24, 2.45) is 11.8 Å². The number of hydrogen-bond acceptors (Lipinski definition) is 5. The van der Waals surface area contributed by atoms with Crippen molar-refractivity contribution in [2.45, 2.75) is 45.1 Å². The standard InChI is InChI=1S/C16H27N3O2/c1-2-21-16(20)9-14-8-15(12-19(11-14)7-6-17)18-10-13-4-3-5-13/h13-15,18H,2-5,7-12H2,1H3. The Balaban J connectivity index is 1.81. The predicted molar refractivity (Wildman–Crippen MR) is 80.5 cm³/mol. The fraction of sp³-hybridized carbons (Fsp3) is 0.875. The summed E-state index contributed by atoms with van der Waals surface area (Å²) in [7, 11) is 0. The number of nitrogens with zero attached hydrogens (tertiary/aromatic N) is 2. The van der Waals surface area contributed by atoms with Crippen molar-refractivity contribution in [3.8, 4) is 6.07 Å². The van der Waals surface area contributed by atoms with Gasteiger partial charge in [-0.25, -0.2) is 0 Å². The quantitative estimate of drug-likeness (QED) is 0.570. The molecule has 0 radical (unpaired) electrons. The first-order valence-corrected chi connectivity index (χ1v) is 8.19. The van der Waals surface area contributed by atoms with Gasteiger partial charge >= 0.3 is 5.97 Å². The third-order valence-electron chi connectivity index (χ3n) is 4.59. The first-order valence-electron chi connectivity index (χ1n) is 8.19. The fourth-order valence-electron chi connectivity index (χ4n) is 3.31. The molecule has 0 bridgehead atoms. The van der Waals surface area contributed by atoms with Crippen LogP contribution in [0.3, 0.4) is 0 Å². The van der Waals surface area contributed by atoms with Gasteiger partial charge in [-0.05, 0) is 44.6 Å². The molecule has 1 saturated heterocycles. The molecule has 1 N–H and O–H groups in total. The number of carbonyl (C=O) groups is 1. The number of ether oxygens (including phenoxy) is 1. The van der Waals surface area contributed by atoms with E-state index >= 15 is 0 Å². The summed E-state index contributed by atoms with van der Waals surface area (Å²) in [5.74, 6) is 1.02. The molecule has 0 aromatic rings. The third-order valence-corrected chi connectivity index (χ3v) is 4.59. The molecule has 0 aromatic heterocycles. The Hall–Kier alpha value is -1.12. The first-order chi connectivity index (χ1) is 10.2. The van der Waals surface area contributed by atoms with Crippen LogP contribution >= 0.6 is 0 Å². The van der Waals surface area contributed by atoms with Crippen LogP contribution in [0, 0.1) is 23.2 Å². The lowest BCUT2D eigenvalue weighted by molar-refractivity contribution is -0.144. The van der Waals surface area contributed by atoms with Gasteiger partial charge in [0.15, 0.2) is 0 Å². The maximum Gasteiger partial charge on any atom is 0.306 e. The minimum absolute atomic E-state index is 0.112. The van der Waals surface area contributed by atoms with E-state index in [1.54, 1.807) is 0 Å². The van der Waals surface area contributed by atoms with Crippen molar-refractivity contribution in [1.29, 1.82) is 5.26 Å². The second-order valence-corrected chi connectivity index (χ2v) is 6.37. The lowest BCUT2D eigenvalue weighted by Gasteiger charge is -2.38. The molecule has 2 unspecified atom stereocenters. The van der Waals surface area contributed by atoms with E-state index < -0.39 is 0 Å². The van der Waals surface area contributed by atoms with E-state index in [4.69, 9.17) is 10.00 Å². The number of rotatable bonds is 7. The molecule has 1 aliphatic carbocycles. The highest BCUT2D eigenvalue weighted by atomic mass is 16.5. The Labute approximate surface area is 127 Å². The van der Waals surface area contributed by atoms with Gasteiger partial charge < -0.3 is 10.1 Å². The van der Waals surface area contributed by atoms with Crippen molar-refractivity contribution in [3.63, 3.8) is 0 Å². The van der Waals surface area contributed by atoms with E-state index in [0.717, 1.165) is 32.0 Å². The van der Waals surface area contributed by atoms with Gasteiger partial charge in [0.25, 0.3) is 0 Å². The van der Waals surface area contributed by atoms with Gasteiger partial charge in [-0.3, -0.25) is 9.69 Å². The van der Waals surface area contributed by atoms with Crippen LogP contribution in [0.1, 0.15) is 39.0 Å². The molecule has 118 valence electrons. The minimum atomic E-state index is -0.112. The molecule has 21 heavy (non-hydrogen) atoms. The summed E-state index contributed by atoms with van der Waals surface area (Å²) in [6.45, 7) is 5.55. The van der Waals surface area contributed by atoms with Gasteiger partial charge in [-0.1, -0.05) is 6.42 Å². The normalized spacial score (nSPS) is 26.9. The van der Waals surface area contributed by atoms with Crippen molar-refractivity contribution in [2.75, 3.05) is 32.8 Å². The molecular weight excluding hydrogens is 266 g/mol. The van der Waals surface area contributed by atoms with Crippen molar-refractivity contribution in [3.05, 3.63) is 0 Å². The highest BCUT2D eigenvalue weighted by molar-refractivity contribution is 5.69. The number of likely N-dealkylation sites (tertiary alicyclic amines) is 1. The highest BCUT2D eigenvalue weighted by Crippen LogP contribution is 2.26. The molecule has 5 heteroatoms. The Bertz CT molecular complexity index is 376. The summed E-state index contributed by atoms with van der Waals surface area (Å²) < 4.78 is 5.06. The number of carbonyl (C=O) groups excluding carboxylic acids is 1. The molecule has 1 saturated carbocycles. The van der Waals surface area contributed by atoms with E-state index in [1.165, 1.54) is 19.3 Å². The molecule has 5 nitrogen and oxygen atoms in total. The molecule has 0 aromatic carbocycles. The molecule has 2 aliphatic rings. The van der Waals surface area contributed by atoms with Gasteiger partial charge in [0, 0.05) is 25.6 Å². The van der Waals surface area contributed by atoms with E-state index in [1.807, 2.05) is 6.92 Å². The molecule has 2 rings (SSSR count). The third kappa shape index (κ3) is 5.29. The number of piperidine rings is 1. The molecular formula is C16H27N3O2. The van der Waals surface area contributed by atoms with Gasteiger partial charge in [0.05, 0.1) is 19.2 Å². The molecule has 1 heterocycles. The second-order valence-electron chi connectivity index (χ2n) is 6.37. The van der Waals surface area contributed by atoms with Crippen LogP contribution in [0.2, 0.25) is 0 Å². The summed E-state index contributed by atoms with van der Waals surface area (Å²) in [5.41, 5.74) is 0. The maximum atomic E-state index is 11.7. The Kier molecular flexibility index (Phi) is 6.47. The van der Waals surface area contributed by atoms with Crippen molar-refractivity contribution >= 4 is 5.97 Å². The summed E-state index contributed by atoms with van der Waals surface area (Å²) in [6, 6.07) is 2.62. The number of esters is 1. The van der Waals surface area contributed by atoms with E-state index in [-0.39, 0.29) is 5.97 Å². The zero-order chi connectivity index (χ0) is 15.1. The monoisotopic (exact) mass is 293 g/mol. The van der Waals surface area contributed by atoms with Gasteiger partial charge in [-0.2, -0.15) is 5.26 Å². The summed E-state index contributed by atoms with van der Waals surface area (Å²) in [4.78, 5) is 13.8. The summed E-state index contributed by atoms with van der Waals surface area (Å²) in [6.07, 6.45) is 5.52. The molecule has 0 amide bonds. The van der Waals surface area contributed by atoms with Crippen LogP contribution in [0.4, 0.5) is 0 Å². The smallest absolute Gasteiger partial charge is 0.306 e. The minimum Gasteiger partial charge on any atom is -0.466 e. The lowest BCUT2D eigenvalue weighted by Crippen LogP contribution is -2.50. The van der Waals surface area contributed by atoms with E-state index in [9.17, 15) is 4.79 Å². The Morgan fingerprint density at radius 3 is 2.81 bits per heavy atom. The van der Waals surface area contributed by atoms with Gasteiger partial charge in [0.2, 0.25) is 0 Å². The Morgan fingerprint density at radius 1 is 1.38 bits per heavy atom. The lowest BCUT2D eigenvalue weighted by atomic mass is 9.84. The van der Waals surface area contributed by atoms with Crippen LogP contribution in [0.15, 0.2) is 0 Å². The Morgan fingerprint density at radius 2 is 2.19 bits per heavy atom. The zero-order valence-electron chi connectivity index (χ0n) is 13.0. The fourth-order valence-corrected chi connectivity index (χ4v) is 3.31. The molecule has 1 aliphatic heterocycles. The zero-order valence-corrected chi connectivity index (χ0v) is 13.0. The van der Waals surface area contributed by atoms with E-state index in [0.29, 0.717) is 31.5 Å².